The number of benzene rings is 2. The number of hydrogen-bond donors (Lipinski definition) is 0. The Balaban J connectivity index is 1.26. The van der Waals surface area contributed by atoms with Crippen LogP contribution < -0.4 is 4.74 Å². The van der Waals surface area contributed by atoms with Crippen molar-refractivity contribution in [3.63, 3.8) is 0 Å². The summed E-state index contributed by atoms with van der Waals surface area (Å²) in [6.45, 7) is 2.62. The highest BCUT2D eigenvalue weighted by Gasteiger charge is 2.56. The predicted molar refractivity (Wildman–Crippen MR) is 126 cm³/mol. The van der Waals surface area contributed by atoms with E-state index in [-0.39, 0.29) is 18.5 Å². The van der Waals surface area contributed by atoms with Crippen LogP contribution in [0.3, 0.4) is 0 Å². The van der Waals surface area contributed by atoms with Gasteiger partial charge in [-0.15, -0.1) is 0 Å². The first-order valence-corrected chi connectivity index (χ1v) is 11.3. The topological polar surface area (TPSA) is 66.0 Å². The van der Waals surface area contributed by atoms with E-state index in [9.17, 15) is 9.59 Å². The Morgan fingerprint density at radius 2 is 1.70 bits per heavy atom. The number of rotatable bonds is 5. The van der Waals surface area contributed by atoms with E-state index in [4.69, 9.17) is 4.74 Å². The van der Waals surface area contributed by atoms with Crippen molar-refractivity contribution in [2.45, 2.75) is 31.5 Å². The summed E-state index contributed by atoms with van der Waals surface area (Å²) >= 11 is 0. The van der Waals surface area contributed by atoms with Crippen LogP contribution in [0, 0.1) is 0 Å². The first-order valence-electron chi connectivity index (χ1n) is 11.3. The van der Waals surface area contributed by atoms with Crippen LogP contribution in [0.15, 0.2) is 60.8 Å². The van der Waals surface area contributed by atoms with Gasteiger partial charge in [-0.2, -0.15) is 0 Å². The van der Waals surface area contributed by atoms with Crippen LogP contribution in [-0.2, 0) is 17.9 Å². The molecule has 5 rings (SSSR count). The molecule has 2 aliphatic heterocycles. The number of methoxy groups -OCH3 is 1. The molecule has 170 valence electrons. The van der Waals surface area contributed by atoms with E-state index in [2.05, 4.69) is 34.1 Å². The SMILES string of the molecule is COc1ccc(CN2C(=O)N(C)C3(CCN(Cc4ccc5cccnc5c4)CC3)C2=O)cc1. The molecule has 0 unspecified atom stereocenters. The molecular formula is C26H28N4O3. The molecule has 2 aromatic carbocycles. The number of fused-ring (bicyclic) bond motifs is 1. The van der Waals surface area contributed by atoms with E-state index in [0.717, 1.165) is 41.9 Å². The maximum Gasteiger partial charge on any atom is 0.327 e. The van der Waals surface area contributed by atoms with E-state index >= 15 is 0 Å². The highest BCUT2D eigenvalue weighted by atomic mass is 16.5. The summed E-state index contributed by atoms with van der Waals surface area (Å²) in [5.74, 6) is 0.668. The molecule has 3 amide bonds. The van der Waals surface area contributed by atoms with Crippen molar-refractivity contribution >= 4 is 22.8 Å². The summed E-state index contributed by atoms with van der Waals surface area (Å²) in [5, 5.41) is 1.13. The van der Waals surface area contributed by atoms with Crippen LogP contribution in [0.2, 0.25) is 0 Å². The number of piperidine rings is 1. The minimum atomic E-state index is -0.745. The lowest BCUT2D eigenvalue weighted by atomic mass is 9.86. The Labute approximate surface area is 193 Å². The molecule has 0 radical (unpaired) electrons. The lowest BCUT2D eigenvalue weighted by Gasteiger charge is -2.40. The molecule has 3 aromatic rings. The lowest BCUT2D eigenvalue weighted by molar-refractivity contribution is -0.135. The third-order valence-corrected chi connectivity index (χ3v) is 7.06. The third-order valence-electron chi connectivity index (χ3n) is 7.06. The maximum absolute atomic E-state index is 13.5. The van der Waals surface area contributed by atoms with Crippen molar-refractivity contribution in [3.05, 3.63) is 71.9 Å². The van der Waals surface area contributed by atoms with Crippen LogP contribution in [0.25, 0.3) is 10.9 Å². The standard InChI is InChI=1S/C26H28N4O3/c1-28-25(32)30(18-19-6-9-22(33-2)10-7-19)24(31)26(28)11-14-29(15-12-26)17-20-5-8-21-4-3-13-27-23(21)16-20/h3-10,13,16H,11-12,14-15,17-18H2,1-2H3. The van der Waals surface area contributed by atoms with Gasteiger partial charge < -0.3 is 9.64 Å². The number of likely N-dealkylation sites (tertiary alicyclic amines) is 1. The molecule has 1 aromatic heterocycles. The minimum Gasteiger partial charge on any atom is -0.497 e. The molecule has 33 heavy (non-hydrogen) atoms. The largest absolute Gasteiger partial charge is 0.497 e. The van der Waals surface area contributed by atoms with Gasteiger partial charge in [0, 0.05) is 38.3 Å². The average molecular weight is 445 g/mol. The molecule has 0 aliphatic carbocycles. The number of amides is 3. The molecule has 7 heteroatoms. The van der Waals surface area contributed by atoms with Gasteiger partial charge >= 0.3 is 6.03 Å². The fraction of sp³-hybridized carbons (Fsp3) is 0.346. The Bertz CT molecular complexity index is 1190. The first-order chi connectivity index (χ1) is 16.0. The van der Waals surface area contributed by atoms with Crippen LogP contribution in [0.4, 0.5) is 4.79 Å². The van der Waals surface area contributed by atoms with E-state index in [1.54, 1.807) is 19.1 Å². The normalized spacial score (nSPS) is 18.5. The van der Waals surface area contributed by atoms with Crippen molar-refractivity contribution in [1.29, 1.82) is 0 Å². The highest BCUT2D eigenvalue weighted by molar-refractivity contribution is 6.07. The van der Waals surface area contributed by atoms with Gasteiger partial charge in [-0.05, 0) is 48.2 Å². The van der Waals surface area contributed by atoms with Crippen molar-refractivity contribution in [2.75, 3.05) is 27.2 Å². The molecule has 0 saturated carbocycles. The van der Waals surface area contributed by atoms with Gasteiger partial charge in [0.15, 0.2) is 0 Å². The fourth-order valence-electron chi connectivity index (χ4n) is 5.00. The number of likely N-dealkylation sites (N-methyl/N-ethyl adjacent to an activating group) is 1. The van der Waals surface area contributed by atoms with Crippen molar-refractivity contribution in [2.24, 2.45) is 0 Å². The molecule has 1 spiro atoms. The fourth-order valence-corrected chi connectivity index (χ4v) is 5.00. The van der Waals surface area contributed by atoms with Gasteiger partial charge in [-0.1, -0.05) is 30.3 Å². The number of aromatic nitrogens is 1. The second-order valence-corrected chi connectivity index (χ2v) is 8.92. The number of urea groups is 1. The van der Waals surface area contributed by atoms with Gasteiger partial charge in [-0.25, -0.2) is 4.79 Å². The molecule has 0 N–H and O–H groups in total. The van der Waals surface area contributed by atoms with E-state index in [1.165, 1.54) is 10.5 Å². The van der Waals surface area contributed by atoms with Crippen LogP contribution in [-0.4, -0.2) is 64.4 Å². The Morgan fingerprint density at radius 1 is 0.970 bits per heavy atom. The first kappa shape index (κ1) is 21.4. The smallest absolute Gasteiger partial charge is 0.327 e. The number of pyridine rings is 1. The molecule has 0 atom stereocenters. The quantitative estimate of drug-likeness (QED) is 0.562. The Kier molecular flexibility index (Phi) is 5.50. The zero-order valence-electron chi connectivity index (χ0n) is 19.0. The van der Waals surface area contributed by atoms with E-state index in [0.29, 0.717) is 12.8 Å². The van der Waals surface area contributed by atoms with Crippen LogP contribution in [0.5, 0.6) is 5.75 Å². The molecule has 2 aliphatic rings. The zero-order chi connectivity index (χ0) is 23.0. The number of nitrogens with zero attached hydrogens (tertiary/aromatic N) is 4. The van der Waals surface area contributed by atoms with Crippen molar-refractivity contribution in [1.82, 2.24) is 19.7 Å². The minimum absolute atomic E-state index is 0.0830. The number of hydrogen-bond acceptors (Lipinski definition) is 5. The van der Waals surface area contributed by atoms with Gasteiger partial charge in [0.05, 0.1) is 19.2 Å². The van der Waals surface area contributed by atoms with Gasteiger partial charge in [0.2, 0.25) is 0 Å². The van der Waals surface area contributed by atoms with Gasteiger partial charge in [-0.3, -0.25) is 19.6 Å². The molecule has 0 bridgehead atoms. The van der Waals surface area contributed by atoms with Crippen LogP contribution in [0.1, 0.15) is 24.0 Å². The summed E-state index contributed by atoms with van der Waals surface area (Å²) in [6.07, 6.45) is 3.09. The highest BCUT2D eigenvalue weighted by Crippen LogP contribution is 2.37. The number of ether oxygens (including phenoxy) is 1. The van der Waals surface area contributed by atoms with E-state index in [1.807, 2.05) is 36.5 Å². The summed E-state index contributed by atoms with van der Waals surface area (Å²) in [7, 11) is 3.38. The van der Waals surface area contributed by atoms with E-state index < -0.39 is 5.54 Å². The number of carbonyl (C=O) groups is 2. The maximum atomic E-state index is 13.5. The molecule has 7 nitrogen and oxygen atoms in total. The van der Waals surface area contributed by atoms with Crippen molar-refractivity contribution in [3.8, 4) is 5.75 Å². The van der Waals surface area contributed by atoms with Crippen molar-refractivity contribution < 1.29 is 14.3 Å². The summed E-state index contributed by atoms with van der Waals surface area (Å²) < 4.78 is 5.20. The predicted octanol–water partition coefficient (Wildman–Crippen LogP) is 3.67. The molecule has 3 heterocycles. The Hall–Kier alpha value is -3.45. The molecule has 2 fully saturated rings. The zero-order valence-corrected chi connectivity index (χ0v) is 19.0. The van der Waals surface area contributed by atoms with Crippen LogP contribution >= 0.6 is 0 Å². The number of carbonyl (C=O) groups excluding carboxylic acids is 2. The summed E-state index contributed by atoms with van der Waals surface area (Å²) in [4.78, 5) is 36.3. The Morgan fingerprint density at radius 3 is 2.42 bits per heavy atom. The monoisotopic (exact) mass is 444 g/mol. The third kappa shape index (κ3) is 3.82. The molecular weight excluding hydrogens is 416 g/mol. The van der Waals surface area contributed by atoms with Gasteiger partial charge in [0.1, 0.15) is 11.3 Å². The lowest BCUT2D eigenvalue weighted by Crippen LogP contribution is -2.55. The molecule has 2 saturated heterocycles. The second-order valence-electron chi connectivity index (χ2n) is 8.92. The van der Waals surface area contributed by atoms with Gasteiger partial charge in [0.25, 0.3) is 5.91 Å². The summed E-state index contributed by atoms with van der Waals surface area (Å²) in [5.41, 5.74) is 2.37. The average Bonchev–Trinajstić information content (AvgIpc) is 3.02. The summed E-state index contributed by atoms with van der Waals surface area (Å²) in [6, 6.07) is 17.6. The second kappa shape index (κ2) is 8.48. The number of imide groups is 1.